The lowest BCUT2D eigenvalue weighted by atomic mass is 9.95. The van der Waals surface area contributed by atoms with E-state index >= 15 is 0 Å². The van der Waals surface area contributed by atoms with Crippen molar-refractivity contribution in [1.29, 1.82) is 0 Å². The second-order valence-electron chi connectivity index (χ2n) is 6.18. The lowest BCUT2D eigenvalue weighted by Gasteiger charge is -2.27. The van der Waals surface area contributed by atoms with Gasteiger partial charge in [-0.1, -0.05) is 0 Å². The van der Waals surface area contributed by atoms with E-state index in [0.29, 0.717) is 30.8 Å². The van der Waals surface area contributed by atoms with Gasteiger partial charge in [0.1, 0.15) is 11.5 Å². The Balaban J connectivity index is 1.59. The molecule has 1 aliphatic carbocycles. The number of rotatable bonds is 5. The molecule has 1 aliphatic heterocycles. The molecule has 0 bridgehead atoms. The Bertz CT molecular complexity index is 459. The topological polar surface area (TPSA) is 45.5 Å². The molecule has 1 saturated heterocycles. The molecule has 2 aliphatic rings. The lowest BCUT2D eigenvalue weighted by molar-refractivity contribution is -0.133. The van der Waals surface area contributed by atoms with E-state index in [9.17, 15) is 4.79 Å². The molecule has 4 heteroatoms. The van der Waals surface area contributed by atoms with Crippen LogP contribution in [0.1, 0.15) is 43.6 Å². The highest BCUT2D eigenvalue weighted by atomic mass is 16.3. The van der Waals surface area contributed by atoms with E-state index in [-0.39, 0.29) is 0 Å². The van der Waals surface area contributed by atoms with Crippen LogP contribution in [0.25, 0.3) is 0 Å². The number of piperidine rings is 1. The van der Waals surface area contributed by atoms with Gasteiger partial charge in [0.25, 0.3) is 0 Å². The molecule has 0 aromatic carbocycles. The summed E-state index contributed by atoms with van der Waals surface area (Å²) in [6.45, 7) is 4.67. The zero-order valence-corrected chi connectivity index (χ0v) is 12.2. The van der Waals surface area contributed by atoms with Crippen LogP contribution < -0.4 is 5.32 Å². The summed E-state index contributed by atoms with van der Waals surface area (Å²) in [5.74, 6) is 2.63. The fourth-order valence-electron chi connectivity index (χ4n) is 3.01. The van der Waals surface area contributed by atoms with E-state index in [1.807, 2.05) is 24.0 Å². The van der Waals surface area contributed by atoms with Gasteiger partial charge in [-0.05, 0) is 63.7 Å². The summed E-state index contributed by atoms with van der Waals surface area (Å²) in [5.41, 5.74) is 0. The number of furan rings is 1. The highest BCUT2D eigenvalue weighted by Crippen LogP contribution is 2.30. The van der Waals surface area contributed by atoms with Crippen molar-refractivity contribution in [1.82, 2.24) is 10.2 Å². The molecule has 3 rings (SSSR count). The van der Waals surface area contributed by atoms with E-state index < -0.39 is 0 Å². The smallest absolute Gasteiger partial charge is 0.223 e. The third kappa shape index (κ3) is 3.42. The standard InChI is InChI=1S/C16H24N2O2/c1-12-4-7-15(20-12)11-18(14-5-6-14)16(19)9-13-3-2-8-17-10-13/h4,7,13-14,17H,2-3,5-6,8-11H2,1H3. The maximum atomic E-state index is 12.6. The number of nitrogens with one attached hydrogen (secondary N) is 1. The van der Waals surface area contributed by atoms with Gasteiger partial charge in [0.05, 0.1) is 6.54 Å². The largest absolute Gasteiger partial charge is 0.464 e. The van der Waals surface area contributed by atoms with E-state index in [1.54, 1.807) is 0 Å². The van der Waals surface area contributed by atoms with Gasteiger partial charge in [0.2, 0.25) is 5.91 Å². The summed E-state index contributed by atoms with van der Waals surface area (Å²) in [6.07, 6.45) is 5.35. The van der Waals surface area contributed by atoms with Crippen LogP contribution in [-0.2, 0) is 11.3 Å². The normalized spacial score (nSPS) is 22.8. The van der Waals surface area contributed by atoms with Crippen LogP contribution in [0, 0.1) is 12.8 Å². The Hall–Kier alpha value is -1.29. The van der Waals surface area contributed by atoms with E-state index in [1.165, 1.54) is 12.8 Å². The zero-order valence-electron chi connectivity index (χ0n) is 12.2. The van der Waals surface area contributed by atoms with Crippen molar-refractivity contribution in [3.8, 4) is 0 Å². The van der Waals surface area contributed by atoms with Gasteiger partial charge >= 0.3 is 0 Å². The Labute approximate surface area is 120 Å². The van der Waals surface area contributed by atoms with Crippen LogP contribution in [0.5, 0.6) is 0 Å². The highest BCUT2D eigenvalue weighted by molar-refractivity contribution is 5.77. The Morgan fingerprint density at radius 3 is 2.85 bits per heavy atom. The molecule has 0 spiro atoms. The number of carbonyl (C=O) groups is 1. The third-order valence-electron chi connectivity index (χ3n) is 4.29. The first-order valence-corrected chi connectivity index (χ1v) is 7.78. The fourth-order valence-corrected chi connectivity index (χ4v) is 3.01. The number of hydrogen-bond donors (Lipinski definition) is 1. The summed E-state index contributed by atoms with van der Waals surface area (Å²) < 4.78 is 5.63. The van der Waals surface area contributed by atoms with E-state index in [0.717, 1.165) is 37.5 Å². The molecule has 2 fully saturated rings. The molecular formula is C16H24N2O2. The van der Waals surface area contributed by atoms with Crippen molar-refractivity contribution < 1.29 is 9.21 Å². The maximum Gasteiger partial charge on any atom is 0.223 e. The molecule has 1 aromatic heterocycles. The summed E-state index contributed by atoms with van der Waals surface area (Å²) in [6, 6.07) is 4.40. The predicted molar refractivity (Wildman–Crippen MR) is 77.2 cm³/mol. The van der Waals surface area contributed by atoms with E-state index in [4.69, 9.17) is 4.42 Å². The highest BCUT2D eigenvalue weighted by Gasteiger charge is 2.34. The third-order valence-corrected chi connectivity index (χ3v) is 4.29. The van der Waals surface area contributed by atoms with Crippen molar-refractivity contribution in [2.24, 2.45) is 5.92 Å². The summed E-state index contributed by atoms with van der Waals surface area (Å²) in [4.78, 5) is 14.6. The molecular weight excluding hydrogens is 252 g/mol. The fraction of sp³-hybridized carbons (Fsp3) is 0.688. The summed E-state index contributed by atoms with van der Waals surface area (Å²) in [5, 5.41) is 3.39. The van der Waals surface area contributed by atoms with Crippen LogP contribution in [0.15, 0.2) is 16.5 Å². The molecule has 4 nitrogen and oxygen atoms in total. The summed E-state index contributed by atoms with van der Waals surface area (Å²) in [7, 11) is 0. The molecule has 110 valence electrons. The van der Waals surface area contributed by atoms with Crippen molar-refractivity contribution in [2.75, 3.05) is 13.1 Å². The lowest BCUT2D eigenvalue weighted by Crippen LogP contribution is -2.37. The maximum absolute atomic E-state index is 12.6. The molecule has 1 unspecified atom stereocenters. The molecule has 2 heterocycles. The van der Waals surface area contributed by atoms with Crippen LogP contribution in [0.3, 0.4) is 0 Å². The monoisotopic (exact) mass is 276 g/mol. The minimum atomic E-state index is 0.301. The molecule has 1 amide bonds. The quantitative estimate of drug-likeness (QED) is 0.898. The number of aryl methyl sites for hydroxylation is 1. The minimum Gasteiger partial charge on any atom is -0.464 e. The van der Waals surface area contributed by atoms with Crippen LogP contribution >= 0.6 is 0 Å². The van der Waals surface area contributed by atoms with Gasteiger partial charge in [-0.3, -0.25) is 4.79 Å². The number of carbonyl (C=O) groups excluding carboxylic acids is 1. The molecule has 1 N–H and O–H groups in total. The average molecular weight is 276 g/mol. The van der Waals surface area contributed by atoms with Gasteiger partial charge in [-0.25, -0.2) is 0 Å². The molecule has 0 radical (unpaired) electrons. The van der Waals surface area contributed by atoms with Gasteiger partial charge < -0.3 is 14.6 Å². The molecule has 20 heavy (non-hydrogen) atoms. The van der Waals surface area contributed by atoms with Crippen LogP contribution in [0.2, 0.25) is 0 Å². The first-order valence-electron chi connectivity index (χ1n) is 7.78. The van der Waals surface area contributed by atoms with E-state index in [2.05, 4.69) is 5.32 Å². The van der Waals surface area contributed by atoms with Gasteiger partial charge in [0, 0.05) is 12.5 Å². The Morgan fingerprint density at radius 1 is 1.40 bits per heavy atom. The Kier molecular flexibility index (Phi) is 4.10. The minimum absolute atomic E-state index is 0.301. The van der Waals surface area contributed by atoms with Gasteiger partial charge in [-0.15, -0.1) is 0 Å². The van der Waals surface area contributed by atoms with Crippen molar-refractivity contribution in [2.45, 2.75) is 51.6 Å². The predicted octanol–water partition coefficient (Wildman–Crippen LogP) is 2.47. The first-order chi connectivity index (χ1) is 9.72. The van der Waals surface area contributed by atoms with Crippen LogP contribution in [-0.4, -0.2) is 29.9 Å². The SMILES string of the molecule is Cc1ccc(CN(C(=O)CC2CCCNC2)C2CC2)o1. The first kappa shape index (κ1) is 13.7. The molecule has 1 aromatic rings. The van der Waals surface area contributed by atoms with Crippen LogP contribution in [0.4, 0.5) is 0 Å². The zero-order chi connectivity index (χ0) is 13.9. The van der Waals surface area contributed by atoms with Gasteiger partial charge in [0.15, 0.2) is 0 Å². The second kappa shape index (κ2) is 6.00. The van der Waals surface area contributed by atoms with Crippen molar-refractivity contribution in [3.63, 3.8) is 0 Å². The Morgan fingerprint density at radius 2 is 2.25 bits per heavy atom. The van der Waals surface area contributed by atoms with Crippen molar-refractivity contribution >= 4 is 5.91 Å². The summed E-state index contributed by atoms with van der Waals surface area (Å²) >= 11 is 0. The van der Waals surface area contributed by atoms with Crippen molar-refractivity contribution in [3.05, 3.63) is 23.7 Å². The second-order valence-corrected chi connectivity index (χ2v) is 6.18. The number of amides is 1. The molecule has 1 atom stereocenters. The molecule has 1 saturated carbocycles. The number of nitrogens with zero attached hydrogens (tertiary/aromatic N) is 1. The van der Waals surface area contributed by atoms with Gasteiger partial charge in [-0.2, -0.15) is 0 Å². The number of hydrogen-bond acceptors (Lipinski definition) is 3. The average Bonchev–Trinajstić information content (AvgIpc) is 3.20.